The molecule has 0 aliphatic carbocycles. The highest BCUT2D eigenvalue weighted by molar-refractivity contribution is 7.47. The highest BCUT2D eigenvalue weighted by atomic mass is 31.2. The number of unbranched alkanes of at least 4 members (excludes halogenated alkanes) is 26. The van der Waals surface area contributed by atoms with Crippen molar-refractivity contribution < 1.29 is 42.1 Å². The predicted molar refractivity (Wildman–Crippen MR) is 243 cm³/mol. The number of likely N-dealkylation sites (N-methyl/N-ethyl adjacent to an activating group) is 1. The molecule has 0 bridgehead atoms. The van der Waals surface area contributed by atoms with Crippen LogP contribution >= 0.6 is 7.82 Å². The molecule has 0 fully saturated rings. The third kappa shape index (κ3) is 44.1. The molecule has 0 aromatic carbocycles. The molecule has 1 N–H and O–H groups in total. The fourth-order valence-corrected chi connectivity index (χ4v) is 7.43. The SMILES string of the molecule is CCCCCC/C=C\C/C=C\CCCCCCCC(=O)OC(COC(=O)CCCCCCCCCCCCCCCCCCCC)COP(=O)(O)OCC[N+](C)(C)C. The second-order valence-electron chi connectivity index (χ2n) is 17.5. The number of hydrogen-bond donors (Lipinski definition) is 1. The van der Waals surface area contributed by atoms with E-state index in [4.69, 9.17) is 18.5 Å². The number of carbonyl (C=O) groups is 2. The van der Waals surface area contributed by atoms with Crippen molar-refractivity contribution in [3.05, 3.63) is 24.3 Å². The minimum atomic E-state index is -4.38. The standard InChI is InChI=1S/C48H92NO8P/c1-6-8-10-12-14-16-18-20-22-24-25-27-28-30-32-34-36-38-40-47(50)54-44-46(45-56-58(52,53)55-43-42-49(3,4)5)57-48(51)41-39-37-35-33-31-29-26-23-21-19-17-15-13-11-9-7-2/h17,19,23,26,46H,6-16,18,20-22,24-25,27-45H2,1-5H3/p+1/b19-17-,26-23-. The number of quaternary nitrogens is 1. The third-order valence-electron chi connectivity index (χ3n) is 10.5. The first-order valence-corrected chi connectivity index (χ1v) is 25.6. The quantitative estimate of drug-likeness (QED) is 0.0212. The van der Waals surface area contributed by atoms with Gasteiger partial charge in [0, 0.05) is 12.8 Å². The van der Waals surface area contributed by atoms with Gasteiger partial charge >= 0.3 is 19.8 Å². The summed E-state index contributed by atoms with van der Waals surface area (Å²) in [4.78, 5) is 35.4. The van der Waals surface area contributed by atoms with Crippen LogP contribution in [0, 0.1) is 0 Å². The van der Waals surface area contributed by atoms with Crippen molar-refractivity contribution >= 4 is 19.8 Å². The summed E-state index contributed by atoms with van der Waals surface area (Å²) < 4.78 is 34.4. The van der Waals surface area contributed by atoms with Crippen molar-refractivity contribution in [1.82, 2.24) is 0 Å². The van der Waals surface area contributed by atoms with Crippen LogP contribution < -0.4 is 0 Å². The molecular formula is C48H93NO8P+. The maximum Gasteiger partial charge on any atom is 0.472 e. The average Bonchev–Trinajstić information content (AvgIpc) is 3.17. The summed E-state index contributed by atoms with van der Waals surface area (Å²) in [6.45, 7) is 4.42. The Hall–Kier alpha value is -1.51. The van der Waals surface area contributed by atoms with Gasteiger partial charge in [0.1, 0.15) is 19.8 Å². The van der Waals surface area contributed by atoms with Crippen LogP contribution in [0.5, 0.6) is 0 Å². The largest absolute Gasteiger partial charge is 0.472 e. The van der Waals surface area contributed by atoms with Gasteiger partial charge in [0.05, 0.1) is 27.7 Å². The highest BCUT2D eigenvalue weighted by Crippen LogP contribution is 2.43. The fraction of sp³-hybridized carbons (Fsp3) is 0.875. The molecular weight excluding hydrogens is 750 g/mol. The summed E-state index contributed by atoms with van der Waals surface area (Å²) >= 11 is 0. The molecule has 10 heteroatoms. The van der Waals surface area contributed by atoms with Gasteiger partial charge in [-0.25, -0.2) is 4.57 Å². The second-order valence-corrected chi connectivity index (χ2v) is 19.0. The van der Waals surface area contributed by atoms with E-state index in [1.54, 1.807) is 0 Å². The minimum absolute atomic E-state index is 0.0308. The van der Waals surface area contributed by atoms with Gasteiger partial charge in [-0.1, -0.05) is 186 Å². The molecule has 0 aromatic rings. The molecule has 342 valence electrons. The first-order chi connectivity index (χ1) is 28.0. The molecule has 0 aromatic heterocycles. The van der Waals surface area contributed by atoms with Crippen molar-refractivity contribution in [3.8, 4) is 0 Å². The number of phosphoric ester groups is 1. The van der Waals surface area contributed by atoms with Crippen LogP contribution in [0.3, 0.4) is 0 Å². The van der Waals surface area contributed by atoms with Crippen molar-refractivity contribution in [2.45, 2.75) is 225 Å². The lowest BCUT2D eigenvalue weighted by atomic mass is 10.0. The maximum absolute atomic E-state index is 12.7. The number of hydrogen-bond acceptors (Lipinski definition) is 7. The summed E-state index contributed by atoms with van der Waals surface area (Å²) in [6, 6.07) is 0. The van der Waals surface area contributed by atoms with Gasteiger partial charge in [0.2, 0.25) is 0 Å². The molecule has 0 saturated carbocycles. The normalized spacial score (nSPS) is 13.7. The van der Waals surface area contributed by atoms with Crippen LogP contribution in [0.4, 0.5) is 0 Å². The van der Waals surface area contributed by atoms with Crippen LogP contribution in [0.1, 0.15) is 219 Å². The molecule has 0 spiro atoms. The fourth-order valence-electron chi connectivity index (χ4n) is 6.69. The summed E-state index contributed by atoms with van der Waals surface area (Å²) in [5.74, 6) is -0.804. The van der Waals surface area contributed by atoms with Crippen molar-refractivity contribution in [1.29, 1.82) is 0 Å². The van der Waals surface area contributed by atoms with Crippen LogP contribution in [-0.2, 0) is 32.7 Å². The van der Waals surface area contributed by atoms with Gasteiger partial charge in [-0.15, -0.1) is 0 Å². The van der Waals surface area contributed by atoms with E-state index in [1.165, 1.54) is 128 Å². The molecule has 2 unspecified atom stereocenters. The molecule has 58 heavy (non-hydrogen) atoms. The van der Waals surface area contributed by atoms with E-state index in [0.29, 0.717) is 23.9 Å². The Morgan fingerprint density at radius 1 is 0.534 bits per heavy atom. The number of rotatable bonds is 44. The Morgan fingerprint density at radius 3 is 1.38 bits per heavy atom. The van der Waals surface area contributed by atoms with Crippen LogP contribution in [0.2, 0.25) is 0 Å². The minimum Gasteiger partial charge on any atom is -0.462 e. The van der Waals surface area contributed by atoms with Crippen LogP contribution in [0.15, 0.2) is 24.3 Å². The monoisotopic (exact) mass is 843 g/mol. The van der Waals surface area contributed by atoms with Gasteiger partial charge in [0.15, 0.2) is 6.10 Å². The lowest BCUT2D eigenvalue weighted by molar-refractivity contribution is -0.870. The molecule has 2 atom stereocenters. The summed E-state index contributed by atoms with van der Waals surface area (Å²) in [5.41, 5.74) is 0. The average molecular weight is 843 g/mol. The molecule has 0 aliphatic rings. The van der Waals surface area contributed by atoms with Crippen molar-refractivity contribution in [2.75, 3.05) is 47.5 Å². The van der Waals surface area contributed by atoms with Gasteiger partial charge < -0.3 is 18.9 Å². The lowest BCUT2D eigenvalue weighted by Crippen LogP contribution is -2.37. The van der Waals surface area contributed by atoms with E-state index in [2.05, 4.69) is 38.2 Å². The zero-order valence-corrected chi connectivity index (χ0v) is 39.4. The first kappa shape index (κ1) is 56.5. The van der Waals surface area contributed by atoms with Gasteiger partial charge in [-0.05, 0) is 44.9 Å². The Labute approximate surface area is 358 Å². The topological polar surface area (TPSA) is 108 Å². The highest BCUT2D eigenvalue weighted by Gasteiger charge is 2.27. The number of esters is 2. The molecule has 9 nitrogen and oxygen atoms in total. The molecule has 0 radical (unpaired) electrons. The number of allylic oxidation sites excluding steroid dienone is 4. The van der Waals surface area contributed by atoms with Crippen LogP contribution in [-0.4, -0.2) is 74.9 Å². The molecule has 0 heterocycles. The zero-order chi connectivity index (χ0) is 42.8. The van der Waals surface area contributed by atoms with E-state index < -0.39 is 26.5 Å². The summed E-state index contributed by atoms with van der Waals surface area (Å²) in [5, 5.41) is 0. The number of phosphoric acid groups is 1. The van der Waals surface area contributed by atoms with E-state index in [9.17, 15) is 19.0 Å². The Morgan fingerprint density at radius 2 is 0.931 bits per heavy atom. The van der Waals surface area contributed by atoms with Gasteiger partial charge in [-0.3, -0.25) is 18.6 Å². The third-order valence-corrected chi connectivity index (χ3v) is 11.5. The second kappa shape index (κ2) is 40.9. The van der Waals surface area contributed by atoms with Gasteiger partial charge in [0.25, 0.3) is 0 Å². The molecule has 0 aliphatic heterocycles. The lowest BCUT2D eigenvalue weighted by Gasteiger charge is -2.24. The van der Waals surface area contributed by atoms with Crippen LogP contribution in [0.25, 0.3) is 0 Å². The number of nitrogens with zero attached hydrogens (tertiary/aromatic N) is 1. The summed E-state index contributed by atoms with van der Waals surface area (Å²) in [6.07, 6.45) is 45.1. The number of carbonyl (C=O) groups excluding carboxylic acids is 2. The molecule has 0 rings (SSSR count). The van der Waals surface area contributed by atoms with E-state index in [1.807, 2.05) is 21.1 Å². The zero-order valence-electron chi connectivity index (χ0n) is 38.5. The van der Waals surface area contributed by atoms with Gasteiger partial charge in [-0.2, -0.15) is 0 Å². The Kier molecular flexibility index (Phi) is 39.8. The van der Waals surface area contributed by atoms with E-state index in [0.717, 1.165) is 57.8 Å². The van der Waals surface area contributed by atoms with Crippen molar-refractivity contribution in [2.24, 2.45) is 0 Å². The summed E-state index contributed by atoms with van der Waals surface area (Å²) in [7, 11) is 1.47. The Bertz CT molecular complexity index is 1040. The Balaban J connectivity index is 4.29. The van der Waals surface area contributed by atoms with E-state index >= 15 is 0 Å². The smallest absolute Gasteiger partial charge is 0.462 e. The van der Waals surface area contributed by atoms with Crippen molar-refractivity contribution in [3.63, 3.8) is 0 Å². The molecule has 0 amide bonds. The maximum atomic E-state index is 12.7. The predicted octanol–water partition coefficient (Wildman–Crippen LogP) is 13.9. The first-order valence-electron chi connectivity index (χ1n) is 24.1. The number of ether oxygens (including phenoxy) is 2. The van der Waals surface area contributed by atoms with E-state index in [-0.39, 0.29) is 25.6 Å². The molecule has 0 saturated heterocycles.